The maximum absolute atomic E-state index is 13.2. The van der Waals surface area contributed by atoms with E-state index in [0.29, 0.717) is 12.5 Å². The van der Waals surface area contributed by atoms with Gasteiger partial charge in [-0.2, -0.15) is 0 Å². The molecule has 8 nitrogen and oxygen atoms in total. The molecule has 2 unspecified atom stereocenters. The average molecular weight is 372 g/mol. The Bertz CT molecular complexity index is 697. The van der Waals surface area contributed by atoms with Gasteiger partial charge in [-0.05, 0) is 42.9 Å². The summed E-state index contributed by atoms with van der Waals surface area (Å²) in [5.74, 6) is 0.509. The van der Waals surface area contributed by atoms with Crippen molar-refractivity contribution in [3.63, 3.8) is 0 Å². The molecule has 27 heavy (non-hydrogen) atoms. The van der Waals surface area contributed by atoms with E-state index >= 15 is 0 Å². The molecule has 5 heterocycles. The molecule has 3 amide bonds. The number of pyridine rings is 1. The van der Waals surface area contributed by atoms with Gasteiger partial charge in [0.1, 0.15) is 6.04 Å². The van der Waals surface area contributed by atoms with Gasteiger partial charge in [-0.1, -0.05) is 0 Å². The molecule has 0 aliphatic carbocycles. The van der Waals surface area contributed by atoms with Crippen LogP contribution >= 0.6 is 0 Å². The van der Waals surface area contributed by atoms with Crippen LogP contribution in [-0.4, -0.2) is 77.4 Å². The molecule has 4 atom stereocenters. The first-order chi connectivity index (χ1) is 13.0. The fourth-order valence-corrected chi connectivity index (χ4v) is 4.52. The lowest BCUT2D eigenvalue weighted by Crippen LogP contribution is -2.54. The zero-order valence-corrected chi connectivity index (χ0v) is 16.0. The van der Waals surface area contributed by atoms with Crippen molar-refractivity contribution in [2.24, 2.45) is 5.92 Å². The van der Waals surface area contributed by atoms with E-state index < -0.39 is 0 Å². The maximum Gasteiger partial charge on any atom is 0.319 e. The molecule has 4 aliphatic heterocycles. The fraction of sp³-hybridized carbons (Fsp3) is 0.632. The smallest absolute Gasteiger partial charge is 0.319 e. The van der Waals surface area contributed by atoms with Crippen molar-refractivity contribution in [1.82, 2.24) is 30.5 Å². The van der Waals surface area contributed by atoms with Crippen LogP contribution in [0.1, 0.15) is 30.9 Å². The van der Waals surface area contributed by atoms with Gasteiger partial charge in [0.2, 0.25) is 5.91 Å². The normalized spacial score (nSPS) is 30.3. The highest BCUT2D eigenvalue weighted by atomic mass is 16.2. The minimum Gasteiger partial charge on any atom is -0.336 e. The molecule has 4 aliphatic rings. The molecule has 4 saturated heterocycles. The average Bonchev–Trinajstić information content (AvgIpc) is 3.00. The van der Waals surface area contributed by atoms with Gasteiger partial charge < -0.3 is 14.7 Å². The summed E-state index contributed by atoms with van der Waals surface area (Å²) in [6.45, 7) is 2.12. The van der Waals surface area contributed by atoms with E-state index in [4.69, 9.17) is 0 Å². The molecule has 4 fully saturated rings. The second-order valence-corrected chi connectivity index (χ2v) is 8.08. The van der Waals surface area contributed by atoms with Crippen LogP contribution in [0.25, 0.3) is 0 Å². The number of carbonyl (C=O) groups is 2. The standard InChI is InChI=1S/C19H28N6O2/c1-23(2)19(27)24-10-13-3-4-15(12-24)25(11-13)18(26)17-9-16(21-22-17)14-5-7-20-8-6-14/h5-8,13,15-17,21-22H,3-4,9-12H2,1-2H3/t13-,15+,16?,17?/m1/s1. The molecule has 0 spiro atoms. The SMILES string of the molecule is CN(C)C(=O)N1C[C@H]2CC[C@@H](C1)N(C(=O)C1CC(c3ccncc3)NN1)C2. The van der Waals surface area contributed by atoms with Gasteiger partial charge >= 0.3 is 6.03 Å². The van der Waals surface area contributed by atoms with Crippen molar-refractivity contribution in [1.29, 1.82) is 0 Å². The van der Waals surface area contributed by atoms with Crippen LogP contribution in [0.5, 0.6) is 0 Å². The highest BCUT2D eigenvalue weighted by Gasteiger charge is 2.42. The molecule has 0 saturated carbocycles. The molecule has 0 radical (unpaired) electrons. The van der Waals surface area contributed by atoms with E-state index in [-0.39, 0.29) is 30.1 Å². The predicted molar refractivity (Wildman–Crippen MR) is 101 cm³/mol. The number of aromatic nitrogens is 1. The number of urea groups is 1. The first-order valence-electron chi connectivity index (χ1n) is 9.70. The zero-order valence-electron chi connectivity index (χ0n) is 16.0. The van der Waals surface area contributed by atoms with E-state index in [2.05, 4.69) is 15.8 Å². The maximum atomic E-state index is 13.2. The van der Waals surface area contributed by atoms with Gasteiger partial charge in [-0.3, -0.25) is 9.78 Å². The molecule has 146 valence electrons. The van der Waals surface area contributed by atoms with Crippen molar-refractivity contribution < 1.29 is 9.59 Å². The Labute approximate surface area is 159 Å². The van der Waals surface area contributed by atoms with Gasteiger partial charge in [0.25, 0.3) is 0 Å². The minimum absolute atomic E-state index is 0.0413. The van der Waals surface area contributed by atoms with Gasteiger partial charge in [-0.25, -0.2) is 15.6 Å². The van der Waals surface area contributed by atoms with E-state index in [0.717, 1.165) is 37.9 Å². The number of hydrogen-bond donors (Lipinski definition) is 2. The van der Waals surface area contributed by atoms with Crippen molar-refractivity contribution in [2.45, 2.75) is 37.4 Å². The highest BCUT2D eigenvalue weighted by Crippen LogP contribution is 2.30. The number of rotatable bonds is 2. The summed E-state index contributed by atoms with van der Waals surface area (Å²) < 4.78 is 0. The number of amides is 3. The molecular formula is C19H28N6O2. The summed E-state index contributed by atoms with van der Waals surface area (Å²) in [6.07, 6.45) is 6.33. The number of hydrazine groups is 1. The number of carbonyl (C=O) groups excluding carboxylic acids is 2. The van der Waals surface area contributed by atoms with Crippen LogP contribution in [-0.2, 0) is 4.79 Å². The number of fused-ring (bicyclic) bond motifs is 4. The quantitative estimate of drug-likeness (QED) is 0.794. The monoisotopic (exact) mass is 372 g/mol. The van der Waals surface area contributed by atoms with Crippen molar-refractivity contribution in [2.75, 3.05) is 33.7 Å². The Kier molecular flexibility index (Phi) is 5.01. The Balaban J connectivity index is 1.43. The largest absolute Gasteiger partial charge is 0.336 e. The molecular weight excluding hydrogens is 344 g/mol. The lowest BCUT2D eigenvalue weighted by molar-refractivity contribution is -0.137. The van der Waals surface area contributed by atoms with Gasteiger partial charge in [0.05, 0.1) is 0 Å². The van der Waals surface area contributed by atoms with Crippen LogP contribution in [0.3, 0.4) is 0 Å². The predicted octanol–water partition coefficient (Wildman–Crippen LogP) is 0.594. The van der Waals surface area contributed by atoms with Crippen molar-refractivity contribution in [3.05, 3.63) is 30.1 Å². The van der Waals surface area contributed by atoms with Gasteiger partial charge in [0, 0.05) is 58.2 Å². The minimum atomic E-state index is -0.236. The molecule has 1 aromatic rings. The summed E-state index contributed by atoms with van der Waals surface area (Å²) in [5.41, 5.74) is 7.56. The van der Waals surface area contributed by atoms with E-state index in [9.17, 15) is 9.59 Å². The second kappa shape index (κ2) is 7.44. The Hall–Kier alpha value is -2.19. The topological polar surface area (TPSA) is 80.8 Å². The Morgan fingerprint density at radius 1 is 1.11 bits per heavy atom. The summed E-state index contributed by atoms with van der Waals surface area (Å²) in [7, 11) is 3.57. The summed E-state index contributed by atoms with van der Waals surface area (Å²) in [5, 5.41) is 0. The zero-order chi connectivity index (χ0) is 19.0. The molecule has 5 rings (SSSR count). The third kappa shape index (κ3) is 3.64. The first kappa shape index (κ1) is 18.2. The van der Waals surface area contributed by atoms with E-state index in [1.165, 1.54) is 0 Å². The van der Waals surface area contributed by atoms with Crippen molar-refractivity contribution in [3.8, 4) is 0 Å². The molecule has 8 heteroatoms. The molecule has 0 aromatic carbocycles. The van der Waals surface area contributed by atoms with Crippen LogP contribution in [0, 0.1) is 5.92 Å². The van der Waals surface area contributed by atoms with Crippen molar-refractivity contribution >= 4 is 11.9 Å². The second-order valence-electron chi connectivity index (χ2n) is 8.08. The Morgan fingerprint density at radius 2 is 1.89 bits per heavy atom. The van der Waals surface area contributed by atoms with Crippen LogP contribution in [0.4, 0.5) is 4.79 Å². The summed E-state index contributed by atoms with van der Waals surface area (Å²) in [4.78, 5) is 35.3. The van der Waals surface area contributed by atoms with Gasteiger partial charge in [0.15, 0.2) is 0 Å². The number of nitrogens with zero attached hydrogens (tertiary/aromatic N) is 4. The number of hydrogen-bond acceptors (Lipinski definition) is 5. The number of piperidine rings is 1. The molecule has 1 aromatic heterocycles. The summed E-state index contributed by atoms with van der Waals surface area (Å²) >= 11 is 0. The molecule has 2 N–H and O–H groups in total. The Morgan fingerprint density at radius 3 is 2.63 bits per heavy atom. The third-order valence-corrected chi connectivity index (χ3v) is 5.96. The van der Waals surface area contributed by atoms with E-state index in [1.54, 1.807) is 31.4 Å². The lowest BCUT2D eigenvalue weighted by atomic mass is 9.93. The molecule has 2 bridgehead atoms. The van der Waals surface area contributed by atoms with Crippen LogP contribution in [0.15, 0.2) is 24.5 Å². The first-order valence-corrected chi connectivity index (χ1v) is 9.70. The lowest BCUT2D eigenvalue weighted by Gasteiger charge is -2.37. The highest BCUT2D eigenvalue weighted by molar-refractivity contribution is 5.83. The summed E-state index contributed by atoms with van der Waals surface area (Å²) in [6, 6.07) is 3.98. The van der Waals surface area contributed by atoms with Crippen LogP contribution < -0.4 is 10.9 Å². The van der Waals surface area contributed by atoms with Gasteiger partial charge in [-0.15, -0.1) is 0 Å². The van der Waals surface area contributed by atoms with E-state index in [1.807, 2.05) is 21.9 Å². The fourth-order valence-electron chi connectivity index (χ4n) is 4.52. The number of nitrogens with one attached hydrogen (secondary N) is 2. The van der Waals surface area contributed by atoms with Crippen LogP contribution in [0.2, 0.25) is 0 Å². The third-order valence-electron chi connectivity index (χ3n) is 5.96.